The molecule has 4 nitrogen and oxygen atoms in total. The molecule has 2 rings (SSSR count). The summed E-state index contributed by atoms with van der Waals surface area (Å²) in [6, 6.07) is 8.12. The molecule has 0 aliphatic heterocycles. The fourth-order valence-electron chi connectivity index (χ4n) is 1.66. The Morgan fingerprint density at radius 1 is 1.11 bits per heavy atom. The molecule has 1 heterocycles. The van der Waals surface area contributed by atoms with Crippen molar-refractivity contribution in [1.82, 2.24) is 9.97 Å². The lowest BCUT2D eigenvalue weighted by molar-refractivity contribution is 0.295. The Hall–Kier alpha value is -1.94. The molecular weight excluding hydrogens is 238 g/mol. The molecule has 0 atom stereocenters. The summed E-state index contributed by atoms with van der Waals surface area (Å²) < 4.78 is 5.64. The van der Waals surface area contributed by atoms with Crippen LogP contribution in [0, 0.1) is 0 Å². The summed E-state index contributed by atoms with van der Waals surface area (Å²) in [5.74, 6) is 2.02. The minimum absolute atomic E-state index is 0.367. The lowest BCUT2D eigenvalue weighted by Gasteiger charge is -2.08. The number of benzene rings is 1. The van der Waals surface area contributed by atoms with E-state index < -0.39 is 0 Å². The van der Waals surface area contributed by atoms with Crippen molar-refractivity contribution in [1.29, 1.82) is 0 Å². The van der Waals surface area contributed by atoms with Crippen LogP contribution in [0.3, 0.4) is 0 Å². The van der Waals surface area contributed by atoms with E-state index in [1.807, 2.05) is 12.1 Å². The number of nitrogens with zero attached hydrogens (tertiary/aromatic N) is 2. The van der Waals surface area contributed by atoms with E-state index in [9.17, 15) is 0 Å². The zero-order valence-corrected chi connectivity index (χ0v) is 11.3. The highest BCUT2D eigenvalue weighted by molar-refractivity contribution is 5.28. The van der Waals surface area contributed by atoms with E-state index in [-0.39, 0.29) is 0 Å². The fourth-order valence-corrected chi connectivity index (χ4v) is 1.66. The highest BCUT2D eigenvalue weighted by atomic mass is 16.5. The van der Waals surface area contributed by atoms with Crippen LogP contribution in [0.15, 0.2) is 36.7 Å². The van der Waals surface area contributed by atoms with Crippen molar-refractivity contribution in [2.24, 2.45) is 5.73 Å². The third-order valence-electron chi connectivity index (χ3n) is 2.91. The summed E-state index contributed by atoms with van der Waals surface area (Å²) in [6.07, 6.45) is 3.46. The van der Waals surface area contributed by atoms with Crippen LogP contribution in [0.5, 0.6) is 5.75 Å². The molecule has 4 heteroatoms. The zero-order valence-electron chi connectivity index (χ0n) is 11.3. The van der Waals surface area contributed by atoms with E-state index in [0.717, 1.165) is 11.3 Å². The van der Waals surface area contributed by atoms with Gasteiger partial charge in [-0.2, -0.15) is 0 Å². The molecule has 0 bridgehead atoms. The Morgan fingerprint density at radius 3 is 2.26 bits per heavy atom. The van der Waals surface area contributed by atoms with Crippen LogP contribution in [0.4, 0.5) is 0 Å². The van der Waals surface area contributed by atoms with Crippen molar-refractivity contribution >= 4 is 0 Å². The third kappa shape index (κ3) is 3.76. The van der Waals surface area contributed by atoms with Gasteiger partial charge in [0.2, 0.25) is 0 Å². The van der Waals surface area contributed by atoms with Gasteiger partial charge in [0.1, 0.15) is 12.4 Å². The summed E-state index contributed by atoms with van der Waals surface area (Å²) >= 11 is 0. The molecule has 0 aliphatic carbocycles. The second-order valence-electron chi connectivity index (χ2n) is 4.72. The summed E-state index contributed by atoms with van der Waals surface area (Å²) in [5, 5.41) is 0. The number of hydrogen-bond acceptors (Lipinski definition) is 4. The lowest BCUT2D eigenvalue weighted by atomic mass is 10.0. The van der Waals surface area contributed by atoms with Crippen molar-refractivity contribution < 1.29 is 4.74 Å². The lowest BCUT2D eigenvalue weighted by Crippen LogP contribution is -2.04. The van der Waals surface area contributed by atoms with Gasteiger partial charge in [-0.15, -0.1) is 0 Å². The highest BCUT2D eigenvalue weighted by Gasteiger charge is 2.01. The highest BCUT2D eigenvalue weighted by Crippen LogP contribution is 2.19. The molecule has 0 amide bonds. The van der Waals surface area contributed by atoms with Crippen LogP contribution in [0.25, 0.3) is 0 Å². The quantitative estimate of drug-likeness (QED) is 0.894. The van der Waals surface area contributed by atoms with E-state index in [2.05, 4.69) is 35.9 Å². The van der Waals surface area contributed by atoms with E-state index in [1.54, 1.807) is 12.4 Å². The Morgan fingerprint density at radius 2 is 1.74 bits per heavy atom. The summed E-state index contributed by atoms with van der Waals surface area (Å²) in [4.78, 5) is 8.39. The number of hydrogen-bond donors (Lipinski definition) is 1. The molecule has 0 radical (unpaired) electrons. The molecule has 1 aromatic heterocycles. The average molecular weight is 257 g/mol. The topological polar surface area (TPSA) is 61.0 Å². The van der Waals surface area contributed by atoms with E-state index in [0.29, 0.717) is 24.9 Å². The molecule has 0 unspecified atom stereocenters. The van der Waals surface area contributed by atoms with Gasteiger partial charge >= 0.3 is 0 Å². The molecule has 0 aliphatic rings. The van der Waals surface area contributed by atoms with E-state index >= 15 is 0 Å². The largest absolute Gasteiger partial charge is 0.486 e. The maximum absolute atomic E-state index is 5.64. The Kier molecular flexibility index (Phi) is 4.47. The average Bonchev–Trinajstić information content (AvgIpc) is 2.46. The molecule has 0 fully saturated rings. The maximum Gasteiger partial charge on any atom is 0.166 e. The minimum atomic E-state index is 0.367. The molecule has 0 spiro atoms. The second-order valence-corrected chi connectivity index (χ2v) is 4.72. The van der Waals surface area contributed by atoms with Crippen LogP contribution >= 0.6 is 0 Å². The van der Waals surface area contributed by atoms with E-state index in [4.69, 9.17) is 10.5 Å². The number of aromatic nitrogens is 2. The molecule has 2 N–H and O–H groups in total. The first-order valence-electron chi connectivity index (χ1n) is 6.41. The maximum atomic E-state index is 5.64. The van der Waals surface area contributed by atoms with Gasteiger partial charge < -0.3 is 10.5 Å². The third-order valence-corrected chi connectivity index (χ3v) is 2.91. The van der Waals surface area contributed by atoms with Crippen LogP contribution < -0.4 is 10.5 Å². The number of ether oxygens (including phenoxy) is 1. The second kappa shape index (κ2) is 6.29. The van der Waals surface area contributed by atoms with Crippen molar-refractivity contribution in [3.63, 3.8) is 0 Å². The van der Waals surface area contributed by atoms with Crippen LogP contribution in [0.1, 0.15) is 36.7 Å². The van der Waals surface area contributed by atoms with Gasteiger partial charge in [0, 0.05) is 24.5 Å². The summed E-state index contributed by atoms with van der Waals surface area (Å²) in [6.45, 7) is 5.16. The van der Waals surface area contributed by atoms with Crippen molar-refractivity contribution in [3.8, 4) is 5.75 Å². The molecule has 100 valence electrons. The molecule has 1 aromatic carbocycles. The summed E-state index contributed by atoms with van der Waals surface area (Å²) in [7, 11) is 0. The van der Waals surface area contributed by atoms with Gasteiger partial charge in [-0.05, 0) is 23.6 Å². The van der Waals surface area contributed by atoms with Gasteiger partial charge in [-0.25, -0.2) is 9.97 Å². The smallest absolute Gasteiger partial charge is 0.166 e. The summed E-state index contributed by atoms with van der Waals surface area (Å²) in [5.41, 5.74) is 7.72. The first-order chi connectivity index (χ1) is 9.19. The molecule has 0 saturated heterocycles. The van der Waals surface area contributed by atoms with E-state index in [1.165, 1.54) is 5.56 Å². The first kappa shape index (κ1) is 13.5. The van der Waals surface area contributed by atoms with Gasteiger partial charge in [0.15, 0.2) is 5.82 Å². The number of rotatable bonds is 5. The first-order valence-corrected chi connectivity index (χ1v) is 6.41. The van der Waals surface area contributed by atoms with Crippen molar-refractivity contribution in [3.05, 3.63) is 53.6 Å². The standard InChI is InChI=1S/C15H19N3O/c1-11(2)13-3-5-14(6-4-13)19-10-15-17-8-12(7-16)9-18-15/h3-6,8-9,11H,7,10,16H2,1-2H3. The molecule has 0 saturated carbocycles. The Labute approximate surface area is 113 Å². The molecule has 19 heavy (non-hydrogen) atoms. The molecular formula is C15H19N3O. The van der Waals surface area contributed by atoms with Gasteiger partial charge in [0.05, 0.1) is 0 Å². The minimum Gasteiger partial charge on any atom is -0.486 e. The van der Waals surface area contributed by atoms with Gasteiger partial charge in [0.25, 0.3) is 0 Å². The van der Waals surface area contributed by atoms with Crippen molar-refractivity contribution in [2.75, 3.05) is 0 Å². The number of nitrogens with two attached hydrogens (primary N) is 1. The molecule has 2 aromatic rings. The SMILES string of the molecule is CC(C)c1ccc(OCc2ncc(CN)cn2)cc1. The fraction of sp³-hybridized carbons (Fsp3) is 0.333. The van der Waals surface area contributed by atoms with Crippen LogP contribution in [-0.4, -0.2) is 9.97 Å². The monoisotopic (exact) mass is 257 g/mol. The Balaban J connectivity index is 1.94. The van der Waals surface area contributed by atoms with Crippen LogP contribution in [-0.2, 0) is 13.2 Å². The predicted molar refractivity (Wildman–Crippen MR) is 74.8 cm³/mol. The predicted octanol–water partition coefficient (Wildman–Crippen LogP) is 2.64. The van der Waals surface area contributed by atoms with Gasteiger partial charge in [-0.1, -0.05) is 26.0 Å². The zero-order chi connectivity index (χ0) is 13.7. The van der Waals surface area contributed by atoms with Crippen molar-refractivity contribution in [2.45, 2.75) is 32.9 Å². The van der Waals surface area contributed by atoms with Gasteiger partial charge in [-0.3, -0.25) is 0 Å². The van der Waals surface area contributed by atoms with Crippen LogP contribution in [0.2, 0.25) is 0 Å². The Bertz CT molecular complexity index is 506. The normalized spacial score (nSPS) is 10.7.